The normalized spacial score (nSPS) is 14.3. The molecule has 1 fully saturated rings. The molecule has 1 saturated carbocycles. The van der Waals surface area contributed by atoms with Crippen LogP contribution in [0.3, 0.4) is 0 Å². The molecule has 0 saturated heterocycles. The predicted molar refractivity (Wildman–Crippen MR) is 153 cm³/mol. The minimum atomic E-state index is -0.752. The van der Waals surface area contributed by atoms with E-state index in [-0.39, 0.29) is 11.5 Å². The lowest BCUT2D eigenvalue weighted by molar-refractivity contribution is -0.384. The molecule has 1 amide bonds. The molecule has 5 rings (SSSR count). The maximum absolute atomic E-state index is 13.2. The van der Waals surface area contributed by atoms with Crippen molar-refractivity contribution in [2.75, 3.05) is 5.32 Å². The van der Waals surface area contributed by atoms with Crippen molar-refractivity contribution in [2.45, 2.75) is 38.2 Å². The van der Waals surface area contributed by atoms with Gasteiger partial charge in [-0.05, 0) is 67.6 Å². The van der Waals surface area contributed by atoms with Crippen LogP contribution in [0.2, 0.25) is 4.34 Å². The summed E-state index contributed by atoms with van der Waals surface area (Å²) in [5, 5.41) is 14.7. The highest BCUT2D eigenvalue weighted by Gasteiger charge is 2.48. The number of nitro benzene ring substituents is 1. The summed E-state index contributed by atoms with van der Waals surface area (Å²) in [5.74, 6) is -0.266. The fraction of sp³-hybridized carbons (Fsp3) is 0.200. The van der Waals surface area contributed by atoms with Gasteiger partial charge in [0.25, 0.3) is 5.69 Å². The number of nitro groups is 1. The number of carbonyl (C=O) groups excluding carboxylic acids is 2. The highest BCUT2D eigenvalue weighted by molar-refractivity contribution is 7.20. The maximum atomic E-state index is 13.2. The Kier molecular flexibility index (Phi) is 7.44. The molecule has 1 heterocycles. The first kappa shape index (κ1) is 27.5. The summed E-state index contributed by atoms with van der Waals surface area (Å²) in [6.45, 7) is 3.25. The smallest absolute Gasteiger partial charge is 0.412 e. The van der Waals surface area contributed by atoms with Crippen LogP contribution in [0.15, 0.2) is 72.8 Å². The second kappa shape index (κ2) is 10.8. The van der Waals surface area contributed by atoms with Gasteiger partial charge in [-0.25, -0.2) is 9.18 Å². The molecule has 40 heavy (non-hydrogen) atoms. The molecule has 0 aliphatic heterocycles. The second-order valence-electron chi connectivity index (χ2n) is 9.72. The first-order valence-corrected chi connectivity index (χ1v) is 13.7. The number of nitrogens with zero attached hydrogens (tertiary/aromatic N) is 1. The highest BCUT2D eigenvalue weighted by Crippen LogP contribution is 2.49. The van der Waals surface area contributed by atoms with Gasteiger partial charge >= 0.3 is 6.09 Å². The predicted octanol–water partition coefficient (Wildman–Crippen LogP) is 8.71. The van der Waals surface area contributed by atoms with Crippen LogP contribution >= 0.6 is 22.9 Å². The Morgan fingerprint density at radius 2 is 1.70 bits per heavy atom. The van der Waals surface area contributed by atoms with E-state index >= 15 is 0 Å². The number of rotatable bonds is 8. The molecular formula is C30H24ClFN2O5S. The van der Waals surface area contributed by atoms with Crippen molar-refractivity contribution in [3.05, 3.63) is 104 Å². The third kappa shape index (κ3) is 5.48. The van der Waals surface area contributed by atoms with Crippen molar-refractivity contribution in [1.29, 1.82) is 0 Å². The zero-order chi connectivity index (χ0) is 28.6. The highest BCUT2D eigenvalue weighted by atomic mass is 35.5. The van der Waals surface area contributed by atoms with Gasteiger partial charge in [0.2, 0.25) is 0 Å². The minimum absolute atomic E-state index is 0.110. The van der Waals surface area contributed by atoms with Crippen molar-refractivity contribution in [3.63, 3.8) is 0 Å². The zero-order valence-corrected chi connectivity index (χ0v) is 23.1. The van der Waals surface area contributed by atoms with Crippen LogP contribution in [-0.2, 0) is 14.9 Å². The van der Waals surface area contributed by atoms with Crippen molar-refractivity contribution in [2.24, 2.45) is 0 Å². The summed E-state index contributed by atoms with van der Waals surface area (Å²) in [5.41, 5.74) is 2.94. The SMILES string of the molecule is CC(=O)C1(c2ccc(-c3ccc(-c4sc(Cl)cc4NC(=O)O[C@H](C)c4ccc(F)cc4)cc3[N+](=O)[O-])cc2)CC1. The number of ether oxygens (including phenoxy) is 1. The van der Waals surface area contributed by atoms with Crippen molar-refractivity contribution < 1.29 is 23.6 Å². The fourth-order valence-electron chi connectivity index (χ4n) is 4.78. The Balaban J connectivity index is 1.39. The van der Waals surface area contributed by atoms with E-state index in [0.29, 0.717) is 37.2 Å². The summed E-state index contributed by atoms with van der Waals surface area (Å²) in [4.78, 5) is 36.9. The number of Topliss-reactive ketones (excluding diaryl/α,β-unsaturated/α-hetero) is 1. The number of anilines is 1. The van der Waals surface area contributed by atoms with E-state index in [0.717, 1.165) is 29.7 Å². The van der Waals surface area contributed by atoms with Gasteiger partial charge in [-0.2, -0.15) is 0 Å². The first-order valence-electron chi connectivity index (χ1n) is 12.5. The standard InChI is InChI=1S/C30H24ClFN2O5S/c1-17(19-5-10-23(32)11-6-19)39-29(36)33-25-16-27(31)40-28(25)21-7-12-24(26(15-21)34(37)38)20-3-8-22(9-4-20)30(13-14-30)18(2)35/h3-12,15-17H,13-14H2,1-2H3,(H,33,36)/t17-/m1/s1. The number of ketones is 1. The molecule has 1 aromatic heterocycles. The minimum Gasteiger partial charge on any atom is -0.441 e. The third-order valence-corrected chi connectivity index (χ3v) is 8.50. The van der Waals surface area contributed by atoms with Crippen LogP contribution in [-0.4, -0.2) is 16.8 Å². The van der Waals surface area contributed by atoms with Gasteiger partial charge in [-0.3, -0.25) is 20.2 Å². The van der Waals surface area contributed by atoms with E-state index in [2.05, 4.69) is 5.32 Å². The van der Waals surface area contributed by atoms with Gasteiger partial charge in [-0.15, -0.1) is 11.3 Å². The number of halogens is 2. The van der Waals surface area contributed by atoms with E-state index < -0.39 is 28.4 Å². The number of thiophene rings is 1. The number of amides is 1. The Morgan fingerprint density at radius 3 is 2.30 bits per heavy atom. The van der Waals surface area contributed by atoms with Crippen molar-refractivity contribution in [1.82, 2.24) is 0 Å². The molecule has 4 aromatic rings. The lowest BCUT2D eigenvalue weighted by atomic mass is 9.90. The topological polar surface area (TPSA) is 98.5 Å². The molecule has 0 radical (unpaired) electrons. The van der Waals surface area contributed by atoms with Crippen LogP contribution in [0.4, 0.5) is 20.6 Å². The summed E-state index contributed by atoms with van der Waals surface area (Å²) < 4.78 is 19.0. The summed E-state index contributed by atoms with van der Waals surface area (Å²) >= 11 is 7.42. The van der Waals surface area contributed by atoms with E-state index in [4.69, 9.17) is 16.3 Å². The number of nitrogens with one attached hydrogen (secondary N) is 1. The quantitative estimate of drug-likeness (QED) is 0.166. The van der Waals surface area contributed by atoms with Crippen LogP contribution in [0.25, 0.3) is 21.6 Å². The molecule has 1 aliphatic rings. The van der Waals surface area contributed by atoms with Crippen LogP contribution in [0, 0.1) is 15.9 Å². The van der Waals surface area contributed by atoms with Gasteiger partial charge < -0.3 is 4.74 Å². The molecule has 0 bridgehead atoms. The Morgan fingerprint density at radius 1 is 1.05 bits per heavy atom. The number of hydrogen-bond acceptors (Lipinski definition) is 6. The second-order valence-corrected chi connectivity index (χ2v) is 11.4. The summed E-state index contributed by atoms with van der Waals surface area (Å²) in [6, 6.07) is 19.3. The molecule has 204 valence electrons. The average molecular weight is 579 g/mol. The lowest BCUT2D eigenvalue weighted by Crippen LogP contribution is -2.16. The number of carbonyl (C=O) groups is 2. The van der Waals surface area contributed by atoms with E-state index in [9.17, 15) is 24.1 Å². The Hall–Kier alpha value is -4.08. The van der Waals surface area contributed by atoms with E-state index in [1.807, 2.05) is 12.1 Å². The maximum Gasteiger partial charge on any atom is 0.412 e. The van der Waals surface area contributed by atoms with E-state index in [1.54, 1.807) is 44.2 Å². The Labute approximate surface area is 238 Å². The van der Waals surface area contributed by atoms with Gasteiger partial charge in [0.15, 0.2) is 0 Å². The monoisotopic (exact) mass is 578 g/mol. The van der Waals surface area contributed by atoms with E-state index in [1.165, 1.54) is 30.3 Å². The largest absolute Gasteiger partial charge is 0.441 e. The van der Waals surface area contributed by atoms with Gasteiger partial charge in [0.1, 0.15) is 17.7 Å². The summed E-state index contributed by atoms with van der Waals surface area (Å²) in [6.07, 6.45) is 0.233. The Bertz CT molecular complexity index is 1610. The first-order chi connectivity index (χ1) is 19.1. The molecule has 10 heteroatoms. The molecular weight excluding hydrogens is 555 g/mol. The fourth-order valence-corrected chi connectivity index (χ4v) is 5.95. The lowest BCUT2D eigenvalue weighted by Gasteiger charge is -2.15. The third-order valence-electron chi connectivity index (χ3n) is 7.19. The molecule has 1 N–H and O–H groups in total. The molecule has 3 aromatic carbocycles. The number of hydrogen-bond donors (Lipinski definition) is 1. The van der Waals surface area contributed by atoms with Gasteiger partial charge in [-0.1, -0.05) is 54.1 Å². The van der Waals surface area contributed by atoms with Crippen LogP contribution < -0.4 is 5.32 Å². The summed E-state index contributed by atoms with van der Waals surface area (Å²) in [7, 11) is 0. The van der Waals surface area contributed by atoms with Crippen LogP contribution in [0.5, 0.6) is 0 Å². The average Bonchev–Trinajstić information content (AvgIpc) is 3.66. The van der Waals surface area contributed by atoms with Crippen molar-refractivity contribution in [3.8, 4) is 21.6 Å². The molecule has 1 atom stereocenters. The van der Waals surface area contributed by atoms with Gasteiger partial charge in [0.05, 0.1) is 30.8 Å². The zero-order valence-electron chi connectivity index (χ0n) is 21.6. The van der Waals surface area contributed by atoms with Crippen molar-refractivity contribution >= 4 is 46.2 Å². The van der Waals surface area contributed by atoms with Gasteiger partial charge in [0, 0.05) is 11.6 Å². The molecule has 0 unspecified atom stereocenters. The molecule has 0 spiro atoms. The molecule has 1 aliphatic carbocycles. The molecule has 7 nitrogen and oxygen atoms in total. The number of benzene rings is 3. The van der Waals surface area contributed by atoms with Crippen LogP contribution in [0.1, 0.15) is 43.9 Å².